The molecule has 1 rings (SSSR count). The molecule has 0 aliphatic carbocycles. The van der Waals surface area contributed by atoms with Crippen molar-refractivity contribution in [3.63, 3.8) is 0 Å². The first kappa shape index (κ1) is 8.71. The largest absolute Gasteiger partial charge is 0.871 e. The molecule has 3 heteroatoms. The molecule has 0 fully saturated rings. The van der Waals surface area contributed by atoms with Crippen LogP contribution in [-0.2, 0) is 0 Å². The second-order valence-electron chi connectivity index (χ2n) is 2.66. The van der Waals surface area contributed by atoms with Crippen molar-refractivity contribution >= 4 is 6.21 Å². The van der Waals surface area contributed by atoms with Crippen molar-refractivity contribution in [2.75, 3.05) is 7.05 Å². The maximum absolute atomic E-state index is 11.4. The Hall–Kier alpha value is -1.38. The van der Waals surface area contributed by atoms with Crippen LogP contribution in [0.4, 0.5) is 0 Å². The molecule has 1 aromatic heterocycles. The monoisotopic (exact) mass is 163 g/mol. The summed E-state index contributed by atoms with van der Waals surface area (Å²) < 4.78 is 0. The van der Waals surface area contributed by atoms with Crippen LogP contribution in [0.25, 0.3) is 0 Å². The molecule has 0 spiro atoms. The van der Waals surface area contributed by atoms with Gasteiger partial charge in [-0.25, -0.2) is 0 Å². The lowest BCUT2D eigenvalue weighted by molar-refractivity contribution is -0.269. The van der Waals surface area contributed by atoms with Gasteiger partial charge in [-0.2, -0.15) is 0 Å². The fourth-order valence-corrected chi connectivity index (χ4v) is 0.985. The van der Waals surface area contributed by atoms with Crippen molar-refractivity contribution in [2.45, 2.75) is 13.8 Å². The maximum atomic E-state index is 11.4. The number of hydrogen-bond donors (Lipinski definition) is 0. The Balaban J connectivity index is 3.32. The number of nitrogens with zero attached hydrogens (tertiary/aromatic N) is 2. The zero-order valence-electron chi connectivity index (χ0n) is 7.46. The lowest BCUT2D eigenvalue weighted by Gasteiger charge is -2.14. The van der Waals surface area contributed by atoms with Gasteiger partial charge >= 0.3 is 0 Å². The first-order chi connectivity index (χ1) is 5.66. The summed E-state index contributed by atoms with van der Waals surface area (Å²) in [6.45, 7) is 3.56. The summed E-state index contributed by atoms with van der Waals surface area (Å²) in [5, 5.41) is 11.4. The van der Waals surface area contributed by atoms with Crippen LogP contribution in [0.3, 0.4) is 0 Å². The SMILES string of the molecule is CN=Cc1c(C)cnc(C)c1[O-]. The van der Waals surface area contributed by atoms with Crippen LogP contribution in [-0.4, -0.2) is 18.2 Å². The molecule has 0 saturated carbocycles. The Bertz CT molecular complexity index is 319. The zero-order valence-corrected chi connectivity index (χ0v) is 7.46. The third-order valence-corrected chi connectivity index (χ3v) is 1.71. The van der Waals surface area contributed by atoms with E-state index < -0.39 is 0 Å². The highest BCUT2D eigenvalue weighted by molar-refractivity contribution is 5.85. The first-order valence-corrected chi connectivity index (χ1v) is 3.72. The van der Waals surface area contributed by atoms with Gasteiger partial charge in [-0.3, -0.25) is 9.98 Å². The van der Waals surface area contributed by atoms with Crippen LogP contribution in [0.15, 0.2) is 11.2 Å². The molecule has 1 aromatic rings. The van der Waals surface area contributed by atoms with Gasteiger partial charge in [-0.15, -0.1) is 0 Å². The van der Waals surface area contributed by atoms with Gasteiger partial charge in [0, 0.05) is 25.2 Å². The molecule has 12 heavy (non-hydrogen) atoms. The highest BCUT2D eigenvalue weighted by atomic mass is 16.3. The summed E-state index contributed by atoms with van der Waals surface area (Å²) in [6.07, 6.45) is 3.26. The molecule has 64 valence electrons. The minimum Gasteiger partial charge on any atom is -0.871 e. The highest BCUT2D eigenvalue weighted by Crippen LogP contribution is 2.17. The van der Waals surface area contributed by atoms with Crippen LogP contribution in [0.2, 0.25) is 0 Å². The van der Waals surface area contributed by atoms with Crippen molar-refractivity contribution < 1.29 is 5.11 Å². The third kappa shape index (κ3) is 1.44. The minimum atomic E-state index is -0.0272. The van der Waals surface area contributed by atoms with Gasteiger partial charge in [-0.1, -0.05) is 5.75 Å². The van der Waals surface area contributed by atoms with Crippen molar-refractivity contribution in [1.82, 2.24) is 4.98 Å². The predicted molar refractivity (Wildman–Crippen MR) is 46.7 cm³/mol. The lowest BCUT2D eigenvalue weighted by Crippen LogP contribution is -2.03. The number of aliphatic imine (C=N–C) groups is 1. The van der Waals surface area contributed by atoms with E-state index >= 15 is 0 Å². The molecular weight excluding hydrogens is 152 g/mol. The van der Waals surface area contributed by atoms with Crippen molar-refractivity contribution in [2.24, 2.45) is 4.99 Å². The smallest absolute Gasteiger partial charge is 0.0306 e. The Morgan fingerprint density at radius 2 is 2.17 bits per heavy atom. The molecule has 0 N–H and O–H groups in total. The average molecular weight is 163 g/mol. The van der Waals surface area contributed by atoms with Crippen LogP contribution in [0, 0.1) is 13.8 Å². The lowest BCUT2D eigenvalue weighted by atomic mass is 10.1. The fraction of sp³-hybridized carbons (Fsp3) is 0.333. The Morgan fingerprint density at radius 1 is 1.50 bits per heavy atom. The van der Waals surface area contributed by atoms with Gasteiger partial charge < -0.3 is 5.11 Å². The van der Waals surface area contributed by atoms with E-state index in [1.807, 2.05) is 6.92 Å². The molecule has 3 nitrogen and oxygen atoms in total. The van der Waals surface area contributed by atoms with Gasteiger partial charge in [0.1, 0.15) is 0 Å². The topological polar surface area (TPSA) is 48.3 Å². The second kappa shape index (κ2) is 3.34. The summed E-state index contributed by atoms with van der Waals surface area (Å²) in [5.41, 5.74) is 2.04. The molecule has 0 aliphatic heterocycles. The van der Waals surface area contributed by atoms with E-state index in [-0.39, 0.29) is 5.75 Å². The van der Waals surface area contributed by atoms with E-state index in [1.54, 1.807) is 26.4 Å². The van der Waals surface area contributed by atoms with Crippen LogP contribution >= 0.6 is 0 Å². The number of hydrogen-bond acceptors (Lipinski definition) is 3. The molecule has 0 aliphatic rings. The summed E-state index contributed by atoms with van der Waals surface area (Å²) >= 11 is 0. The number of aromatic nitrogens is 1. The first-order valence-electron chi connectivity index (χ1n) is 3.72. The average Bonchev–Trinajstić information content (AvgIpc) is 2.06. The number of aryl methyl sites for hydroxylation is 2. The van der Waals surface area contributed by atoms with E-state index in [0.717, 1.165) is 5.56 Å². The van der Waals surface area contributed by atoms with E-state index in [2.05, 4.69) is 9.98 Å². The minimum absolute atomic E-state index is 0.0272. The van der Waals surface area contributed by atoms with E-state index in [0.29, 0.717) is 11.3 Å². The van der Waals surface area contributed by atoms with Gasteiger partial charge in [0.05, 0.1) is 0 Å². The summed E-state index contributed by atoms with van der Waals surface area (Å²) in [5.74, 6) is -0.0272. The molecule has 0 amide bonds. The van der Waals surface area contributed by atoms with Crippen LogP contribution < -0.4 is 5.11 Å². The van der Waals surface area contributed by atoms with Crippen molar-refractivity contribution in [3.8, 4) is 5.75 Å². The summed E-state index contributed by atoms with van der Waals surface area (Å²) in [7, 11) is 1.65. The Morgan fingerprint density at radius 3 is 2.75 bits per heavy atom. The molecule has 1 heterocycles. The molecule has 0 bridgehead atoms. The van der Waals surface area contributed by atoms with Crippen molar-refractivity contribution in [1.29, 1.82) is 0 Å². The Kier molecular flexibility index (Phi) is 2.43. The molecule has 0 radical (unpaired) electrons. The van der Waals surface area contributed by atoms with Gasteiger partial charge in [0.15, 0.2) is 0 Å². The maximum Gasteiger partial charge on any atom is 0.0306 e. The molecule has 0 unspecified atom stereocenters. The van der Waals surface area contributed by atoms with Crippen LogP contribution in [0.1, 0.15) is 16.8 Å². The van der Waals surface area contributed by atoms with Crippen LogP contribution in [0.5, 0.6) is 5.75 Å². The van der Waals surface area contributed by atoms with E-state index in [9.17, 15) is 5.11 Å². The predicted octanol–water partition coefficient (Wildman–Crippen LogP) is 0.821. The van der Waals surface area contributed by atoms with Crippen molar-refractivity contribution in [3.05, 3.63) is 23.0 Å². The highest BCUT2D eigenvalue weighted by Gasteiger charge is 1.98. The summed E-state index contributed by atoms with van der Waals surface area (Å²) in [6, 6.07) is 0. The molecule has 0 saturated heterocycles. The summed E-state index contributed by atoms with van der Waals surface area (Å²) in [4.78, 5) is 7.76. The second-order valence-corrected chi connectivity index (χ2v) is 2.66. The number of pyridine rings is 1. The fourth-order valence-electron chi connectivity index (χ4n) is 0.985. The van der Waals surface area contributed by atoms with Gasteiger partial charge in [0.2, 0.25) is 0 Å². The standard InChI is InChI=1S/C9H12N2O/c1-6-4-11-7(2)9(12)8(6)5-10-3/h4-5,12H,1-3H3/p-1. The van der Waals surface area contributed by atoms with Gasteiger partial charge in [0.25, 0.3) is 0 Å². The van der Waals surface area contributed by atoms with E-state index in [1.165, 1.54) is 0 Å². The van der Waals surface area contributed by atoms with E-state index in [4.69, 9.17) is 0 Å². The molecule has 0 aromatic carbocycles. The molecule has 0 atom stereocenters. The molecular formula is C9H11N2O-. The Labute approximate surface area is 71.8 Å². The van der Waals surface area contributed by atoms with Gasteiger partial charge in [-0.05, 0) is 25.0 Å². The zero-order chi connectivity index (χ0) is 9.14. The normalized spacial score (nSPS) is 10.9. The third-order valence-electron chi connectivity index (χ3n) is 1.71. The quantitative estimate of drug-likeness (QED) is 0.575. The number of rotatable bonds is 1.